The van der Waals surface area contributed by atoms with Gasteiger partial charge in [0.05, 0.1) is 28.5 Å². The van der Waals surface area contributed by atoms with Crippen molar-refractivity contribution in [2.75, 3.05) is 0 Å². The smallest absolute Gasteiger partial charge is 0.269 e. The van der Waals surface area contributed by atoms with Gasteiger partial charge in [0, 0.05) is 53.8 Å². The molecule has 2 heterocycles. The first-order valence-electron chi connectivity index (χ1n) is 12.2. The third-order valence-electron chi connectivity index (χ3n) is 6.49. The van der Waals surface area contributed by atoms with Crippen molar-refractivity contribution in [3.63, 3.8) is 0 Å². The van der Waals surface area contributed by atoms with Gasteiger partial charge in [0.25, 0.3) is 5.69 Å². The van der Waals surface area contributed by atoms with Crippen molar-refractivity contribution in [2.24, 2.45) is 0 Å². The molecule has 0 aliphatic rings. The molecule has 0 amide bonds. The highest BCUT2D eigenvalue weighted by Crippen LogP contribution is 2.26. The highest BCUT2D eigenvalue weighted by Gasteiger charge is 2.16. The van der Waals surface area contributed by atoms with E-state index in [1.165, 1.54) is 23.3 Å². The lowest BCUT2D eigenvalue weighted by Crippen LogP contribution is -2.14. The van der Waals surface area contributed by atoms with Crippen molar-refractivity contribution >= 4 is 5.69 Å². The van der Waals surface area contributed by atoms with Crippen LogP contribution in [0.15, 0.2) is 91.1 Å². The molecule has 1 N–H and O–H groups in total. The van der Waals surface area contributed by atoms with Crippen molar-refractivity contribution in [1.82, 2.24) is 24.9 Å². The number of aromatic nitrogens is 4. The number of nitro groups is 1. The molecule has 37 heavy (non-hydrogen) atoms. The van der Waals surface area contributed by atoms with Crippen molar-refractivity contribution in [3.8, 4) is 16.9 Å². The molecule has 0 fully saturated rings. The number of non-ortho nitro benzene ring substituents is 1. The molecule has 0 bridgehead atoms. The topological polar surface area (TPSA) is 90.8 Å². The second-order valence-electron chi connectivity index (χ2n) is 8.98. The number of nitro benzene ring substituents is 1. The first kappa shape index (κ1) is 24.1. The van der Waals surface area contributed by atoms with Gasteiger partial charge in [0.15, 0.2) is 0 Å². The number of para-hydroxylation sites is 1. The number of aryl methyl sites for hydroxylation is 1. The van der Waals surface area contributed by atoms with E-state index in [1.807, 2.05) is 66.3 Å². The van der Waals surface area contributed by atoms with E-state index in [1.54, 1.807) is 12.1 Å². The Kier molecular flexibility index (Phi) is 6.91. The van der Waals surface area contributed by atoms with Crippen molar-refractivity contribution in [2.45, 2.75) is 33.5 Å². The lowest BCUT2D eigenvalue weighted by atomic mass is 10.1. The van der Waals surface area contributed by atoms with Crippen LogP contribution in [-0.2, 0) is 19.6 Å². The van der Waals surface area contributed by atoms with Crippen LogP contribution >= 0.6 is 0 Å². The average Bonchev–Trinajstić information content (AvgIpc) is 3.46. The second kappa shape index (κ2) is 10.6. The van der Waals surface area contributed by atoms with Gasteiger partial charge in [-0.15, -0.1) is 0 Å². The van der Waals surface area contributed by atoms with Crippen LogP contribution in [0, 0.1) is 24.0 Å². The summed E-state index contributed by atoms with van der Waals surface area (Å²) < 4.78 is 3.90. The zero-order valence-electron chi connectivity index (χ0n) is 20.8. The van der Waals surface area contributed by atoms with Crippen LogP contribution in [0.1, 0.15) is 28.1 Å². The second-order valence-corrected chi connectivity index (χ2v) is 8.98. The number of benzene rings is 3. The van der Waals surface area contributed by atoms with E-state index in [4.69, 9.17) is 10.2 Å². The third-order valence-corrected chi connectivity index (χ3v) is 6.49. The Bertz CT molecular complexity index is 1510. The lowest BCUT2D eigenvalue weighted by Gasteiger charge is -2.08. The Labute approximate surface area is 215 Å². The number of hydrogen-bond donors (Lipinski definition) is 1. The van der Waals surface area contributed by atoms with Crippen LogP contribution in [0.4, 0.5) is 5.69 Å². The average molecular weight is 493 g/mol. The van der Waals surface area contributed by atoms with Gasteiger partial charge in [-0.2, -0.15) is 10.2 Å². The Balaban J connectivity index is 1.37. The zero-order chi connectivity index (χ0) is 25.8. The fourth-order valence-corrected chi connectivity index (χ4v) is 4.46. The predicted octanol–water partition coefficient (Wildman–Crippen LogP) is 5.60. The first-order valence-corrected chi connectivity index (χ1v) is 12.2. The predicted molar refractivity (Wildman–Crippen MR) is 143 cm³/mol. The summed E-state index contributed by atoms with van der Waals surface area (Å²) in [6, 6.07) is 26.8. The first-order chi connectivity index (χ1) is 18.0. The van der Waals surface area contributed by atoms with Crippen LogP contribution in [0.25, 0.3) is 16.9 Å². The molecular formula is C29H28N6O2. The summed E-state index contributed by atoms with van der Waals surface area (Å²) in [5.41, 5.74) is 8.19. The summed E-state index contributed by atoms with van der Waals surface area (Å²) in [5, 5.41) is 24.3. The van der Waals surface area contributed by atoms with Gasteiger partial charge < -0.3 is 5.32 Å². The van der Waals surface area contributed by atoms with Gasteiger partial charge in [-0.3, -0.25) is 14.8 Å². The van der Waals surface area contributed by atoms with Crippen molar-refractivity contribution in [1.29, 1.82) is 0 Å². The molecule has 8 nitrogen and oxygen atoms in total. The molecule has 5 rings (SSSR count). The molecule has 186 valence electrons. The molecule has 0 atom stereocenters. The summed E-state index contributed by atoms with van der Waals surface area (Å²) in [5.74, 6) is 0. The fourth-order valence-electron chi connectivity index (χ4n) is 4.46. The van der Waals surface area contributed by atoms with E-state index < -0.39 is 4.92 Å². The van der Waals surface area contributed by atoms with E-state index in [0.717, 1.165) is 40.4 Å². The maximum Gasteiger partial charge on any atom is 0.269 e. The van der Waals surface area contributed by atoms with Crippen molar-refractivity contribution in [3.05, 3.63) is 129 Å². The quantitative estimate of drug-likeness (QED) is 0.214. The molecule has 0 spiro atoms. The Morgan fingerprint density at radius 1 is 0.865 bits per heavy atom. The molecule has 0 aliphatic heterocycles. The maximum absolute atomic E-state index is 11.1. The summed E-state index contributed by atoms with van der Waals surface area (Å²) in [6.45, 7) is 6.14. The van der Waals surface area contributed by atoms with E-state index in [2.05, 4.69) is 29.1 Å². The highest BCUT2D eigenvalue weighted by atomic mass is 16.6. The molecule has 2 aromatic heterocycles. The minimum Gasteiger partial charge on any atom is -0.308 e. The van der Waals surface area contributed by atoms with Crippen LogP contribution in [0.5, 0.6) is 0 Å². The largest absolute Gasteiger partial charge is 0.308 e. The van der Waals surface area contributed by atoms with Gasteiger partial charge >= 0.3 is 0 Å². The Morgan fingerprint density at radius 2 is 1.54 bits per heavy atom. The van der Waals surface area contributed by atoms with Gasteiger partial charge in [0.2, 0.25) is 0 Å². The summed E-state index contributed by atoms with van der Waals surface area (Å²) >= 11 is 0. The maximum atomic E-state index is 11.1. The normalized spacial score (nSPS) is 11.1. The number of rotatable bonds is 9. The zero-order valence-corrected chi connectivity index (χ0v) is 20.8. The molecule has 0 saturated carbocycles. The Hall–Kier alpha value is -4.56. The van der Waals surface area contributed by atoms with Gasteiger partial charge in [0.1, 0.15) is 0 Å². The SMILES string of the molecule is Cc1nn(Cc2ccccc2)c(C)c1CNCc1cn(-c2ccccc2)nc1-c1ccc([N+](=O)[O-])cc1. The van der Waals surface area contributed by atoms with Crippen LogP contribution in [0.2, 0.25) is 0 Å². The molecule has 5 aromatic rings. The van der Waals surface area contributed by atoms with Crippen LogP contribution in [-0.4, -0.2) is 24.5 Å². The summed E-state index contributed by atoms with van der Waals surface area (Å²) in [6.07, 6.45) is 2.01. The lowest BCUT2D eigenvalue weighted by molar-refractivity contribution is -0.384. The molecular weight excluding hydrogens is 464 g/mol. The van der Waals surface area contributed by atoms with Crippen LogP contribution in [0.3, 0.4) is 0 Å². The standard InChI is InChI=1S/C29H28N6O2/c1-21-28(22(2)33(31-21)19-23-9-5-3-6-10-23)18-30-17-25-20-34(26-11-7-4-8-12-26)32-29(25)24-13-15-27(16-14-24)35(36)37/h3-16,20,30H,17-19H2,1-2H3. The molecule has 0 aliphatic carbocycles. The minimum absolute atomic E-state index is 0.0596. The van der Waals surface area contributed by atoms with Gasteiger partial charge in [-0.1, -0.05) is 48.5 Å². The fraction of sp³-hybridized carbons (Fsp3) is 0.172. The molecule has 0 unspecified atom stereocenters. The number of nitrogens with one attached hydrogen (secondary N) is 1. The van der Waals surface area contributed by atoms with E-state index >= 15 is 0 Å². The molecule has 8 heteroatoms. The summed E-state index contributed by atoms with van der Waals surface area (Å²) in [7, 11) is 0. The number of nitrogens with zero attached hydrogens (tertiary/aromatic N) is 5. The molecule has 0 radical (unpaired) electrons. The highest BCUT2D eigenvalue weighted by molar-refractivity contribution is 5.64. The van der Waals surface area contributed by atoms with Crippen molar-refractivity contribution < 1.29 is 4.92 Å². The van der Waals surface area contributed by atoms with E-state index in [0.29, 0.717) is 13.1 Å². The minimum atomic E-state index is -0.391. The third kappa shape index (κ3) is 5.34. The number of hydrogen-bond acceptors (Lipinski definition) is 5. The van der Waals surface area contributed by atoms with E-state index in [-0.39, 0.29) is 5.69 Å². The van der Waals surface area contributed by atoms with Gasteiger partial charge in [-0.05, 0) is 43.7 Å². The monoisotopic (exact) mass is 492 g/mol. The van der Waals surface area contributed by atoms with E-state index in [9.17, 15) is 10.1 Å². The summed E-state index contributed by atoms with van der Waals surface area (Å²) in [4.78, 5) is 10.7. The molecule has 3 aromatic carbocycles. The molecule has 0 saturated heterocycles. The van der Waals surface area contributed by atoms with Gasteiger partial charge in [-0.25, -0.2) is 4.68 Å². The van der Waals surface area contributed by atoms with Crippen LogP contribution < -0.4 is 5.32 Å². The Morgan fingerprint density at radius 3 is 2.22 bits per heavy atom.